The van der Waals surface area contributed by atoms with Crippen LogP contribution in [-0.4, -0.2) is 56.8 Å². The van der Waals surface area contributed by atoms with E-state index in [1.54, 1.807) is 4.90 Å². The molecule has 0 bridgehead atoms. The first-order chi connectivity index (χ1) is 10.5. The van der Waals surface area contributed by atoms with Crippen molar-refractivity contribution in [1.29, 1.82) is 0 Å². The van der Waals surface area contributed by atoms with E-state index in [9.17, 15) is 14.4 Å². The summed E-state index contributed by atoms with van der Waals surface area (Å²) in [5, 5.41) is 0. The monoisotopic (exact) mass is 434 g/mol. The van der Waals surface area contributed by atoms with Gasteiger partial charge in [0, 0.05) is 22.7 Å². The molecule has 2 heterocycles. The number of amides is 3. The van der Waals surface area contributed by atoms with Gasteiger partial charge in [0.1, 0.15) is 6.54 Å². The van der Waals surface area contributed by atoms with Crippen molar-refractivity contribution in [3.8, 4) is 0 Å². The van der Waals surface area contributed by atoms with Crippen LogP contribution in [0.25, 0.3) is 0 Å². The summed E-state index contributed by atoms with van der Waals surface area (Å²) in [4.78, 5) is 40.8. The van der Waals surface area contributed by atoms with Crippen LogP contribution < -0.4 is 0 Å². The summed E-state index contributed by atoms with van der Waals surface area (Å²) < 4.78 is 0. The van der Waals surface area contributed by atoms with Gasteiger partial charge in [0.05, 0.1) is 11.8 Å². The molecule has 5 nitrogen and oxygen atoms in total. The van der Waals surface area contributed by atoms with E-state index in [1.165, 1.54) is 4.90 Å². The lowest BCUT2D eigenvalue weighted by Gasteiger charge is -2.29. The smallest absolute Gasteiger partial charge is 0.242 e. The summed E-state index contributed by atoms with van der Waals surface area (Å²) in [7, 11) is 0. The summed E-state index contributed by atoms with van der Waals surface area (Å²) in [5.74, 6) is -0.945. The Morgan fingerprint density at radius 3 is 1.95 bits per heavy atom. The molecule has 3 aliphatic rings. The molecule has 1 saturated carbocycles. The van der Waals surface area contributed by atoms with Gasteiger partial charge in [-0.1, -0.05) is 31.9 Å². The van der Waals surface area contributed by atoms with Crippen molar-refractivity contribution < 1.29 is 14.4 Å². The highest BCUT2D eigenvalue weighted by molar-refractivity contribution is 9.12. The maximum atomic E-state index is 12.5. The van der Waals surface area contributed by atoms with E-state index >= 15 is 0 Å². The van der Waals surface area contributed by atoms with E-state index in [-0.39, 0.29) is 45.8 Å². The van der Waals surface area contributed by atoms with Crippen molar-refractivity contribution >= 4 is 49.6 Å². The van der Waals surface area contributed by atoms with Crippen LogP contribution in [0.5, 0.6) is 0 Å². The van der Waals surface area contributed by atoms with E-state index in [4.69, 9.17) is 0 Å². The highest BCUT2D eigenvalue weighted by Crippen LogP contribution is 2.43. The van der Waals surface area contributed by atoms with Gasteiger partial charge >= 0.3 is 0 Å². The second-order valence-electron chi connectivity index (χ2n) is 6.42. The maximum absolute atomic E-state index is 12.5. The molecule has 0 spiro atoms. The highest BCUT2D eigenvalue weighted by Gasteiger charge is 2.52. The number of hydrogen-bond donors (Lipinski definition) is 0. The first kappa shape index (κ1) is 16.4. The fourth-order valence-corrected chi connectivity index (χ4v) is 4.94. The van der Waals surface area contributed by atoms with Crippen molar-refractivity contribution in [2.45, 2.75) is 41.8 Å². The molecule has 2 aliphatic heterocycles. The Morgan fingerprint density at radius 2 is 1.45 bits per heavy atom. The Kier molecular flexibility index (Phi) is 4.92. The number of nitrogens with zero attached hydrogens (tertiary/aromatic N) is 2. The second kappa shape index (κ2) is 6.59. The number of hydrogen-bond acceptors (Lipinski definition) is 3. The van der Waals surface area contributed by atoms with Gasteiger partial charge in [-0.25, -0.2) is 0 Å². The minimum absolute atomic E-state index is 0.0788. The van der Waals surface area contributed by atoms with Crippen LogP contribution in [0.15, 0.2) is 0 Å². The lowest BCUT2D eigenvalue weighted by Crippen LogP contribution is -2.44. The summed E-state index contributed by atoms with van der Waals surface area (Å²) in [5.41, 5.74) is 0. The van der Waals surface area contributed by atoms with Gasteiger partial charge in [-0.15, -0.1) is 0 Å². The molecule has 0 N–H and O–H groups in total. The SMILES string of the molecule is O=C(CN1C(=O)[C@@H]2C[C@H](Br)[C@@H](Br)C[C@H]2C1=O)N1CCCCC1. The number of piperidine rings is 1. The van der Waals surface area contributed by atoms with Crippen LogP contribution in [0, 0.1) is 11.8 Å². The zero-order chi connectivity index (χ0) is 15.9. The number of rotatable bonds is 2. The van der Waals surface area contributed by atoms with Crippen LogP contribution in [0.2, 0.25) is 0 Å². The fraction of sp³-hybridized carbons (Fsp3) is 0.800. The third kappa shape index (κ3) is 2.98. The summed E-state index contributed by atoms with van der Waals surface area (Å²) in [6.45, 7) is 1.41. The molecule has 0 aromatic rings. The molecule has 0 radical (unpaired) electrons. The van der Waals surface area contributed by atoms with Gasteiger partial charge in [-0.3, -0.25) is 19.3 Å². The number of imide groups is 1. The van der Waals surface area contributed by atoms with Crippen molar-refractivity contribution in [2.24, 2.45) is 11.8 Å². The average Bonchev–Trinajstić information content (AvgIpc) is 2.74. The summed E-state index contributed by atoms with van der Waals surface area (Å²) >= 11 is 7.13. The molecule has 3 amide bonds. The first-order valence-corrected chi connectivity index (χ1v) is 9.73. The number of likely N-dealkylation sites (tertiary alicyclic amines) is 2. The Balaban J connectivity index is 1.68. The Morgan fingerprint density at radius 1 is 0.955 bits per heavy atom. The van der Waals surface area contributed by atoms with Crippen LogP contribution in [-0.2, 0) is 14.4 Å². The van der Waals surface area contributed by atoms with Crippen molar-refractivity contribution in [2.75, 3.05) is 19.6 Å². The predicted molar refractivity (Wildman–Crippen MR) is 88.8 cm³/mol. The van der Waals surface area contributed by atoms with Crippen molar-refractivity contribution in [1.82, 2.24) is 9.80 Å². The van der Waals surface area contributed by atoms with Crippen LogP contribution in [0.3, 0.4) is 0 Å². The van der Waals surface area contributed by atoms with E-state index in [0.717, 1.165) is 32.4 Å². The molecule has 0 unspecified atom stereocenters. The number of halogens is 2. The summed E-state index contributed by atoms with van der Waals surface area (Å²) in [6, 6.07) is 0. The van der Waals surface area contributed by atoms with E-state index < -0.39 is 0 Å². The lowest BCUT2D eigenvalue weighted by atomic mass is 9.81. The van der Waals surface area contributed by atoms with Crippen molar-refractivity contribution in [3.05, 3.63) is 0 Å². The van der Waals surface area contributed by atoms with Gasteiger partial charge < -0.3 is 4.90 Å². The fourth-order valence-electron chi connectivity index (χ4n) is 3.70. The Hall–Kier alpha value is -0.430. The third-order valence-corrected chi connectivity index (χ3v) is 7.74. The van der Waals surface area contributed by atoms with Crippen LogP contribution >= 0.6 is 31.9 Å². The van der Waals surface area contributed by atoms with Gasteiger partial charge in [0.25, 0.3) is 0 Å². The normalized spacial score (nSPS) is 35.7. The zero-order valence-corrected chi connectivity index (χ0v) is 15.5. The van der Waals surface area contributed by atoms with Gasteiger partial charge in [-0.05, 0) is 32.1 Å². The minimum atomic E-state index is -0.264. The molecule has 22 heavy (non-hydrogen) atoms. The number of carbonyl (C=O) groups is 3. The molecule has 3 rings (SSSR count). The molecule has 2 saturated heterocycles. The topological polar surface area (TPSA) is 57.7 Å². The van der Waals surface area contributed by atoms with Gasteiger partial charge in [0.15, 0.2) is 0 Å². The number of carbonyl (C=O) groups excluding carboxylic acids is 3. The quantitative estimate of drug-likeness (QED) is 0.491. The van der Waals surface area contributed by atoms with Gasteiger partial charge in [-0.2, -0.15) is 0 Å². The zero-order valence-electron chi connectivity index (χ0n) is 12.3. The summed E-state index contributed by atoms with van der Waals surface area (Å²) in [6.07, 6.45) is 4.47. The highest BCUT2D eigenvalue weighted by atomic mass is 79.9. The molecule has 1 aliphatic carbocycles. The third-order valence-electron chi connectivity index (χ3n) is 5.00. The van der Waals surface area contributed by atoms with Crippen molar-refractivity contribution in [3.63, 3.8) is 0 Å². The number of alkyl halides is 2. The second-order valence-corrected chi connectivity index (χ2v) is 8.77. The first-order valence-electron chi connectivity index (χ1n) is 7.90. The molecular formula is C15H20Br2N2O3. The average molecular weight is 436 g/mol. The standard InChI is InChI=1S/C15H20Br2N2O3/c16-11-6-9-10(7-12(11)17)15(22)19(14(9)21)8-13(20)18-4-2-1-3-5-18/h9-12H,1-8H2/t9-,10-,11+,12+/m1/s1. The molecular weight excluding hydrogens is 416 g/mol. The van der Waals surface area contributed by atoms with Gasteiger partial charge in [0.2, 0.25) is 17.7 Å². The predicted octanol–water partition coefficient (Wildman–Crippen LogP) is 1.92. The van der Waals surface area contributed by atoms with E-state index in [0.29, 0.717) is 12.8 Å². The largest absolute Gasteiger partial charge is 0.341 e. The number of fused-ring (bicyclic) bond motifs is 1. The van der Waals surface area contributed by atoms with E-state index in [2.05, 4.69) is 31.9 Å². The molecule has 4 atom stereocenters. The lowest BCUT2D eigenvalue weighted by molar-refractivity contribution is -0.146. The van der Waals surface area contributed by atoms with Crippen LogP contribution in [0.4, 0.5) is 0 Å². The van der Waals surface area contributed by atoms with Crippen LogP contribution in [0.1, 0.15) is 32.1 Å². The molecule has 3 fully saturated rings. The van der Waals surface area contributed by atoms with E-state index in [1.807, 2.05) is 0 Å². The molecule has 0 aromatic carbocycles. The molecule has 0 aromatic heterocycles. The molecule has 7 heteroatoms. The minimum Gasteiger partial charge on any atom is -0.341 e. The Bertz CT molecular complexity index is 465. The Labute approximate surface area is 147 Å². The maximum Gasteiger partial charge on any atom is 0.242 e. The molecule has 122 valence electrons.